The first kappa shape index (κ1) is 13.2. The summed E-state index contributed by atoms with van der Waals surface area (Å²) in [6.45, 7) is 4.28. The van der Waals surface area contributed by atoms with Gasteiger partial charge in [-0.15, -0.1) is 0 Å². The molecule has 2 rings (SSSR count). The number of hydrogen-bond acceptors (Lipinski definition) is 3. The zero-order chi connectivity index (χ0) is 13.8. The van der Waals surface area contributed by atoms with E-state index < -0.39 is 0 Å². The van der Waals surface area contributed by atoms with E-state index >= 15 is 0 Å². The van der Waals surface area contributed by atoms with Crippen LogP contribution >= 0.6 is 0 Å². The number of carbonyl (C=O) groups is 1. The van der Waals surface area contributed by atoms with E-state index in [2.05, 4.69) is 6.07 Å². The van der Waals surface area contributed by atoms with Gasteiger partial charge < -0.3 is 9.32 Å². The third-order valence-corrected chi connectivity index (χ3v) is 2.99. The molecule has 1 amide bonds. The normalized spacial score (nSPS) is 10.6. The van der Waals surface area contributed by atoms with Crippen LogP contribution in [0, 0.1) is 11.3 Å². The zero-order valence-electron chi connectivity index (χ0n) is 11.1. The van der Waals surface area contributed by atoms with E-state index in [1.54, 1.807) is 11.0 Å². The molecule has 0 saturated heterocycles. The monoisotopic (exact) mass is 256 g/mol. The Labute approximate surface area is 112 Å². The minimum atomic E-state index is -0.165. The molecule has 4 nitrogen and oxygen atoms in total. The number of hydrogen-bond donors (Lipinski definition) is 0. The summed E-state index contributed by atoms with van der Waals surface area (Å²) in [4.78, 5) is 14.0. The predicted octanol–water partition coefficient (Wildman–Crippen LogP) is 3.20. The predicted molar refractivity (Wildman–Crippen MR) is 72.6 cm³/mol. The number of nitrogens with zero attached hydrogens (tertiary/aromatic N) is 2. The Hall–Kier alpha value is -2.28. The van der Waals surface area contributed by atoms with Gasteiger partial charge in [-0.25, -0.2) is 0 Å². The van der Waals surface area contributed by atoms with Crippen LogP contribution in [-0.2, 0) is 0 Å². The highest BCUT2D eigenvalue weighted by Gasteiger charge is 2.21. The highest BCUT2D eigenvalue weighted by molar-refractivity contribution is 5.96. The summed E-state index contributed by atoms with van der Waals surface area (Å²) in [5.74, 6) is 0.161. The van der Waals surface area contributed by atoms with Crippen molar-refractivity contribution in [3.05, 3.63) is 36.1 Å². The van der Waals surface area contributed by atoms with Crippen LogP contribution in [0.2, 0.25) is 0 Å². The fourth-order valence-corrected chi connectivity index (χ4v) is 1.99. The van der Waals surface area contributed by atoms with Gasteiger partial charge in [-0.05, 0) is 26.0 Å². The molecule has 0 saturated carbocycles. The van der Waals surface area contributed by atoms with Gasteiger partial charge in [-0.1, -0.05) is 18.2 Å². The standard InChI is InChI=1S/C15H16N2O2/c1-11(2)17(9-5-8-16)15(18)14-10-12-6-3-4-7-13(12)19-14/h3-4,6-7,10-11H,5,9H2,1-2H3. The molecule has 4 heteroatoms. The molecule has 19 heavy (non-hydrogen) atoms. The van der Waals surface area contributed by atoms with Crippen LogP contribution in [0.3, 0.4) is 0 Å². The van der Waals surface area contributed by atoms with Crippen molar-refractivity contribution in [3.8, 4) is 6.07 Å². The van der Waals surface area contributed by atoms with Crippen molar-refractivity contribution >= 4 is 16.9 Å². The summed E-state index contributed by atoms with van der Waals surface area (Å²) in [5, 5.41) is 9.56. The fourth-order valence-electron chi connectivity index (χ4n) is 1.99. The molecule has 1 heterocycles. The average molecular weight is 256 g/mol. The third-order valence-electron chi connectivity index (χ3n) is 2.99. The number of amides is 1. The van der Waals surface area contributed by atoms with Gasteiger partial charge in [0.1, 0.15) is 5.58 Å². The quantitative estimate of drug-likeness (QED) is 0.844. The molecule has 1 aromatic heterocycles. The molecule has 1 aromatic carbocycles. The van der Waals surface area contributed by atoms with Gasteiger partial charge in [0, 0.05) is 18.0 Å². The number of nitriles is 1. The van der Waals surface area contributed by atoms with Gasteiger partial charge in [0.15, 0.2) is 5.76 Å². The molecule has 0 aliphatic heterocycles. The maximum Gasteiger partial charge on any atom is 0.289 e. The van der Waals surface area contributed by atoms with E-state index in [-0.39, 0.29) is 11.9 Å². The summed E-state index contributed by atoms with van der Waals surface area (Å²) in [6.07, 6.45) is 0.324. The first-order valence-corrected chi connectivity index (χ1v) is 6.30. The highest BCUT2D eigenvalue weighted by Crippen LogP contribution is 2.20. The van der Waals surface area contributed by atoms with Gasteiger partial charge in [0.25, 0.3) is 5.91 Å². The maximum atomic E-state index is 12.4. The van der Waals surface area contributed by atoms with Crippen LogP contribution in [0.1, 0.15) is 30.8 Å². The molecule has 0 N–H and O–H groups in total. The molecule has 0 radical (unpaired) electrons. The molecule has 2 aromatic rings. The lowest BCUT2D eigenvalue weighted by Gasteiger charge is -2.24. The highest BCUT2D eigenvalue weighted by atomic mass is 16.3. The third kappa shape index (κ3) is 2.76. The molecular weight excluding hydrogens is 240 g/mol. The largest absolute Gasteiger partial charge is 0.451 e. The lowest BCUT2D eigenvalue weighted by molar-refractivity contribution is 0.0680. The summed E-state index contributed by atoms with van der Waals surface area (Å²) in [6, 6.07) is 11.4. The molecule has 0 aliphatic carbocycles. The van der Waals surface area contributed by atoms with E-state index in [0.29, 0.717) is 24.3 Å². The van der Waals surface area contributed by atoms with Gasteiger partial charge in [0.2, 0.25) is 0 Å². The van der Waals surface area contributed by atoms with Crippen LogP contribution < -0.4 is 0 Å². The lowest BCUT2D eigenvalue weighted by atomic mass is 10.2. The van der Waals surface area contributed by atoms with E-state index in [9.17, 15) is 4.79 Å². The Morgan fingerprint density at radius 2 is 2.16 bits per heavy atom. The Bertz CT molecular complexity index is 589. The maximum absolute atomic E-state index is 12.4. The summed E-state index contributed by atoms with van der Waals surface area (Å²) in [5.41, 5.74) is 0.704. The van der Waals surface area contributed by atoms with Crippen LogP contribution in [0.15, 0.2) is 34.7 Å². The van der Waals surface area contributed by atoms with Crippen LogP contribution in [-0.4, -0.2) is 23.4 Å². The first-order chi connectivity index (χ1) is 9.13. The van der Waals surface area contributed by atoms with Crippen molar-refractivity contribution in [1.29, 1.82) is 5.26 Å². The second-order valence-electron chi connectivity index (χ2n) is 4.65. The Morgan fingerprint density at radius 1 is 1.42 bits per heavy atom. The molecule has 0 spiro atoms. The average Bonchev–Trinajstić information content (AvgIpc) is 2.82. The molecular formula is C15H16N2O2. The van der Waals surface area contributed by atoms with Gasteiger partial charge in [0.05, 0.1) is 12.5 Å². The second-order valence-corrected chi connectivity index (χ2v) is 4.65. The number of benzene rings is 1. The topological polar surface area (TPSA) is 57.2 Å². The van der Waals surface area contributed by atoms with Gasteiger partial charge in [-0.2, -0.15) is 5.26 Å². The van der Waals surface area contributed by atoms with Crippen molar-refractivity contribution in [2.24, 2.45) is 0 Å². The fraction of sp³-hybridized carbons (Fsp3) is 0.333. The smallest absolute Gasteiger partial charge is 0.289 e. The van der Waals surface area contributed by atoms with Crippen molar-refractivity contribution < 1.29 is 9.21 Å². The second kappa shape index (κ2) is 5.57. The molecule has 98 valence electrons. The summed E-state index contributed by atoms with van der Waals surface area (Å²) < 4.78 is 5.57. The van der Waals surface area contributed by atoms with Gasteiger partial charge in [-0.3, -0.25) is 4.79 Å². The minimum absolute atomic E-state index is 0.0362. The SMILES string of the molecule is CC(C)N(CCC#N)C(=O)c1cc2ccccc2o1. The molecule has 0 unspecified atom stereocenters. The lowest BCUT2D eigenvalue weighted by Crippen LogP contribution is -2.37. The Morgan fingerprint density at radius 3 is 2.79 bits per heavy atom. The summed E-state index contributed by atoms with van der Waals surface area (Å²) in [7, 11) is 0. The van der Waals surface area contributed by atoms with Crippen molar-refractivity contribution in [2.75, 3.05) is 6.54 Å². The van der Waals surface area contributed by atoms with Crippen molar-refractivity contribution in [1.82, 2.24) is 4.90 Å². The van der Waals surface area contributed by atoms with Crippen LogP contribution in [0.25, 0.3) is 11.0 Å². The van der Waals surface area contributed by atoms with Crippen molar-refractivity contribution in [2.45, 2.75) is 26.3 Å². The van der Waals surface area contributed by atoms with E-state index in [1.807, 2.05) is 38.1 Å². The molecule has 0 atom stereocenters. The number of furan rings is 1. The molecule has 0 fully saturated rings. The Balaban J connectivity index is 2.28. The van der Waals surface area contributed by atoms with E-state index in [1.165, 1.54) is 0 Å². The van der Waals surface area contributed by atoms with Crippen LogP contribution in [0.5, 0.6) is 0 Å². The number of carbonyl (C=O) groups excluding carboxylic acids is 1. The molecule has 0 bridgehead atoms. The molecule has 0 aliphatic rings. The number of para-hydroxylation sites is 1. The van der Waals surface area contributed by atoms with Gasteiger partial charge >= 0.3 is 0 Å². The van der Waals surface area contributed by atoms with Crippen molar-refractivity contribution in [3.63, 3.8) is 0 Å². The summed E-state index contributed by atoms with van der Waals surface area (Å²) >= 11 is 0. The zero-order valence-corrected chi connectivity index (χ0v) is 11.1. The number of rotatable bonds is 4. The van der Waals surface area contributed by atoms with Crippen LogP contribution in [0.4, 0.5) is 0 Å². The Kier molecular flexibility index (Phi) is 3.86. The minimum Gasteiger partial charge on any atom is -0.451 e. The van der Waals surface area contributed by atoms with E-state index in [0.717, 1.165) is 5.39 Å². The number of fused-ring (bicyclic) bond motifs is 1. The van der Waals surface area contributed by atoms with E-state index in [4.69, 9.17) is 9.68 Å². The first-order valence-electron chi connectivity index (χ1n) is 6.30.